The van der Waals surface area contributed by atoms with Crippen LogP contribution < -0.4 is 0 Å². The number of hydrogen-bond donors (Lipinski definition) is 0. The molecular weight excluding hydrogens is 354 g/mol. The van der Waals surface area contributed by atoms with Gasteiger partial charge in [-0.05, 0) is 41.2 Å². The van der Waals surface area contributed by atoms with E-state index in [1.807, 2.05) is 0 Å². The average Bonchev–Trinajstić information content (AvgIpc) is 2.88. The second kappa shape index (κ2) is 7.43. The van der Waals surface area contributed by atoms with Gasteiger partial charge in [0.25, 0.3) is 0 Å². The van der Waals surface area contributed by atoms with Gasteiger partial charge in [0.15, 0.2) is 0 Å². The van der Waals surface area contributed by atoms with Crippen molar-refractivity contribution in [1.82, 2.24) is 0 Å². The summed E-state index contributed by atoms with van der Waals surface area (Å²) in [6.45, 7) is 2.17. The number of fused-ring (bicyclic) bond motifs is 1. The SMILES string of the molecule is Cc1ccccc1-c1cccc2c1C=CC2.[Cl][Zr][Cl]. The molecule has 96 valence electrons. The average molecular weight is 368 g/mol. The molecule has 0 heterocycles. The first-order valence-corrected chi connectivity index (χ1v) is 12.4. The van der Waals surface area contributed by atoms with E-state index in [1.54, 1.807) is 0 Å². The van der Waals surface area contributed by atoms with Crippen LogP contribution in [0.3, 0.4) is 0 Å². The molecule has 0 unspecified atom stereocenters. The molecule has 0 bridgehead atoms. The molecule has 0 saturated carbocycles. The van der Waals surface area contributed by atoms with Gasteiger partial charge in [-0.25, -0.2) is 0 Å². The molecule has 2 aromatic carbocycles. The first-order valence-electron chi connectivity index (χ1n) is 6.08. The van der Waals surface area contributed by atoms with E-state index in [0.717, 1.165) is 6.42 Å². The zero-order chi connectivity index (χ0) is 13.7. The van der Waals surface area contributed by atoms with Crippen LogP contribution in [0.2, 0.25) is 0 Å². The summed E-state index contributed by atoms with van der Waals surface area (Å²) in [4.78, 5) is 0. The van der Waals surface area contributed by atoms with Crippen molar-refractivity contribution in [1.29, 1.82) is 0 Å². The minimum absolute atomic E-state index is 0.826. The third-order valence-electron chi connectivity index (χ3n) is 3.25. The molecule has 0 radical (unpaired) electrons. The van der Waals surface area contributed by atoms with Crippen LogP contribution in [0.4, 0.5) is 0 Å². The number of benzene rings is 2. The molecule has 1 aliphatic rings. The summed E-state index contributed by atoms with van der Waals surface area (Å²) < 4.78 is 0. The molecule has 0 fully saturated rings. The number of rotatable bonds is 1. The summed E-state index contributed by atoms with van der Waals surface area (Å²) in [5, 5.41) is 0. The fourth-order valence-corrected chi connectivity index (χ4v) is 2.40. The van der Waals surface area contributed by atoms with Crippen LogP contribution in [-0.2, 0) is 27.3 Å². The topological polar surface area (TPSA) is 0 Å². The quantitative estimate of drug-likeness (QED) is 0.614. The summed E-state index contributed by atoms with van der Waals surface area (Å²) in [5.41, 5.74) is 6.91. The van der Waals surface area contributed by atoms with Gasteiger partial charge in [-0.2, -0.15) is 0 Å². The monoisotopic (exact) mass is 366 g/mol. The molecule has 0 aromatic heterocycles. The van der Waals surface area contributed by atoms with Crippen molar-refractivity contribution >= 4 is 23.1 Å². The van der Waals surface area contributed by atoms with E-state index in [4.69, 9.17) is 17.0 Å². The van der Waals surface area contributed by atoms with Crippen LogP contribution in [0.1, 0.15) is 16.7 Å². The van der Waals surface area contributed by atoms with Gasteiger partial charge in [0, 0.05) is 0 Å². The van der Waals surface area contributed by atoms with E-state index < -0.39 is 20.8 Å². The van der Waals surface area contributed by atoms with Crippen molar-refractivity contribution < 1.29 is 20.8 Å². The van der Waals surface area contributed by atoms with Crippen LogP contribution in [0, 0.1) is 6.92 Å². The molecule has 3 rings (SSSR count). The fraction of sp³-hybridized carbons (Fsp3) is 0.125. The van der Waals surface area contributed by atoms with E-state index >= 15 is 0 Å². The van der Waals surface area contributed by atoms with Gasteiger partial charge >= 0.3 is 37.9 Å². The molecule has 1 aliphatic carbocycles. The fourth-order valence-electron chi connectivity index (χ4n) is 2.40. The Hall–Kier alpha value is -0.357. The van der Waals surface area contributed by atoms with E-state index in [9.17, 15) is 0 Å². The Morgan fingerprint density at radius 3 is 2.37 bits per heavy atom. The van der Waals surface area contributed by atoms with Crippen molar-refractivity contribution in [2.75, 3.05) is 0 Å². The predicted octanol–water partition coefficient (Wildman–Crippen LogP) is 5.61. The van der Waals surface area contributed by atoms with Crippen molar-refractivity contribution in [2.24, 2.45) is 0 Å². The van der Waals surface area contributed by atoms with Gasteiger partial charge in [0.05, 0.1) is 0 Å². The van der Waals surface area contributed by atoms with Crippen molar-refractivity contribution in [3.63, 3.8) is 0 Å². The van der Waals surface area contributed by atoms with Crippen molar-refractivity contribution in [3.8, 4) is 11.1 Å². The molecule has 0 amide bonds. The van der Waals surface area contributed by atoms with Crippen LogP contribution >= 0.6 is 17.0 Å². The standard InChI is InChI=1S/C16H14.2ClH.Zr/c1-12-6-2-3-9-14(12)16-11-5-8-13-7-4-10-15(13)16;;;/h2-6,8-11H,7H2,1H3;2*1H;/q;;;+2/p-2. The molecule has 2 aromatic rings. The maximum absolute atomic E-state index is 4.93. The van der Waals surface area contributed by atoms with Gasteiger partial charge in [0.1, 0.15) is 0 Å². The van der Waals surface area contributed by atoms with Crippen molar-refractivity contribution in [2.45, 2.75) is 13.3 Å². The third-order valence-corrected chi connectivity index (χ3v) is 3.25. The molecule has 3 heteroatoms. The summed E-state index contributed by atoms with van der Waals surface area (Å²) in [6, 6.07) is 15.2. The van der Waals surface area contributed by atoms with Crippen LogP contribution in [0.15, 0.2) is 48.5 Å². The molecule has 0 aliphatic heterocycles. The molecule has 0 saturated heterocycles. The summed E-state index contributed by atoms with van der Waals surface area (Å²) in [5.74, 6) is 0. The Kier molecular flexibility index (Phi) is 5.88. The summed E-state index contributed by atoms with van der Waals surface area (Å²) in [6.07, 6.45) is 5.57. The first-order chi connectivity index (χ1) is 9.27. The predicted molar refractivity (Wildman–Crippen MR) is 81.1 cm³/mol. The molecule has 0 N–H and O–H groups in total. The maximum atomic E-state index is 4.93. The molecular formula is C16H14Cl2Zr. The Bertz CT molecular complexity index is 591. The molecule has 19 heavy (non-hydrogen) atoms. The van der Waals surface area contributed by atoms with Crippen LogP contribution in [-0.4, -0.2) is 0 Å². The minimum atomic E-state index is -0.826. The number of aryl methyl sites for hydroxylation is 1. The normalized spacial score (nSPS) is 11.5. The molecule has 0 spiro atoms. The number of halogens is 2. The van der Waals surface area contributed by atoms with E-state index in [-0.39, 0.29) is 0 Å². The Balaban J connectivity index is 0.000000408. The van der Waals surface area contributed by atoms with E-state index in [2.05, 4.69) is 61.5 Å². The first kappa shape index (κ1) is 15.0. The van der Waals surface area contributed by atoms with Gasteiger partial charge in [0.2, 0.25) is 0 Å². The zero-order valence-electron chi connectivity index (χ0n) is 10.7. The molecule has 0 atom stereocenters. The van der Waals surface area contributed by atoms with E-state index in [1.165, 1.54) is 27.8 Å². The van der Waals surface area contributed by atoms with Gasteiger partial charge < -0.3 is 0 Å². The van der Waals surface area contributed by atoms with Gasteiger partial charge in [-0.15, -0.1) is 0 Å². The van der Waals surface area contributed by atoms with Gasteiger partial charge in [-0.3, -0.25) is 0 Å². The van der Waals surface area contributed by atoms with E-state index in [0.29, 0.717) is 0 Å². The summed E-state index contributed by atoms with van der Waals surface area (Å²) in [7, 11) is 9.87. The zero-order valence-corrected chi connectivity index (χ0v) is 14.6. The van der Waals surface area contributed by atoms with Crippen LogP contribution in [0.5, 0.6) is 0 Å². The van der Waals surface area contributed by atoms with Gasteiger partial charge in [-0.1, -0.05) is 54.6 Å². The van der Waals surface area contributed by atoms with Crippen molar-refractivity contribution in [3.05, 3.63) is 65.2 Å². The Morgan fingerprint density at radius 2 is 1.63 bits per heavy atom. The number of hydrogen-bond acceptors (Lipinski definition) is 0. The number of allylic oxidation sites excluding steroid dienone is 1. The molecule has 0 nitrogen and oxygen atoms in total. The Morgan fingerprint density at radius 1 is 0.947 bits per heavy atom. The second-order valence-corrected chi connectivity index (χ2v) is 8.10. The second-order valence-electron chi connectivity index (χ2n) is 4.37. The van der Waals surface area contributed by atoms with Crippen LogP contribution in [0.25, 0.3) is 17.2 Å². The summed E-state index contributed by atoms with van der Waals surface area (Å²) >= 11 is -0.826. The third kappa shape index (κ3) is 3.60. The Labute approximate surface area is 133 Å².